The Morgan fingerprint density at radius 2 is 1.16 bits per heavy atom. The van der Waals surface area contributed by atoms with Gasteiger partial charge in [-0.25, -0.2) is 0 Å². The highest BCUT2D eigenvalue weighted by molar-refractivity contribution is 6.14. The average Bonchev–Trinajstić information content (AvgIpc) is 2.81. The van der Waals surface area contributed by atoms with E-state index in [1.807, 2.05) is 48.6 Å². The second kappa shape index (κ2) is 10.2. The largest absolute Gasteiger partial charge is 0.493 e. The van der Waals surface area contributed by atoms with Gasteiger partial charge in [-0.3, -0.25) is 4.79 Å². The molecule has 0 radical (unpaired) electrons. The Morgan fingerprint density at radius 1 is 0.742 bits per heavy atom. The van der Waals surface area contributed by atoms with Gasteiger partial charge in [0, 0.05) is 11.1 Å². The summed E-state index contributed by atoms with van der Waals surface area (Å²) >= 11 is 0. The molecule has 1 fully saturated rings. The summed E-state index contributed by atoms with van der Waals surface area (Å²) in [6, 6.07) is 11.4. The van der Waals surface area contributed by atoms with Gasteiger partial charge in [0.2, 0.25) is 0 Å². The zero-order valence-electron chi connectivity index (χ0n) is 18.9. The van der Waals surface area contributed by atoms with Crippen molar-refractivity contribution in [1.29, 1.82) is 0 Å². The zero-order valence-corrected chi connectivity index (χ0v) is 18.9. The van der Waals surface area contributed by atoms with E-state index >= 15 is 0 Å². The highest BCUT2D eigenvalue weighted by Crippen LogP contribution is 2.36. The van der Waals surface area contributed by atoms with E-state index in [1.54, 1.807) is 28.4 Å². The van der Waals surface area contributed by atoms with Crippen LogP contribution < -0.4 is 18.9 Å². The van der Waals surface area contributed by atoms with Gasteiger partial charge in [0.05, 0.1) is 28.4 Å². The molecule has 1 saturated carbocycles. The molecule has 1 aliphatic rings. The van der Waals surface area contributed by atoms with Crippen LogP contribution >= 0.6 is 0 Å². The third-order valence-electron chi connectivity index (χ3n) is 5.67. The van der Waals surface area contributed by atoms with E-state index in [-0.39, 0.29) is 5.78 Å². The Balaban J connectivity index is 1.96. The molecule has 5 heteroatoms. The molecule has 0 bridgehead atoms. The molecule has 31 heavy (non-hydrogen) atoms. The maximum absolute atomic E-state index is 13.3. The van der Waals surface area contributed by atoms with Gasteiger partial charge in [-0.1, -0.05) is 25.5 Å². The van der Waals surface area contributed by atoms with E-state index < -0.39 is 0 Å². The van der Waals surface area contributed by atoms with Crippen molar-refractivity contribution >= 4 is 17.9 Å². The number of benzene rings is 2. The first kappa shape index (κ1) is 22.5. The van der Waals surface area contributed by atoms with Crippen LogP contribution in [0.3, 0.4) is 0 Å². The Bertz CT molecular complexity index is 925. The number of hydrogen-bond acceptors (Lipinski definition) is 5. The lowest BCUT2D eigenvalue weighted by atomic mass is 9.78. The van der Waals surface area contributed by atoms with Crippen LogP contribution in [-0.2, 0) is 4.79 Å². The minimum absolute atomic E-state index is 0.0919. The number of ketones is 1. The molecule has 0 aromatic heterocycles. The van der Waals surface area contributed by atoms with Crippen LogP contribution in [0.1, 0.15) is 37.3 Å². The first-order valence-electron chi connectivity index (χ1n) is 10.4. The first-order valence-corrected chi connectivity index (χ1v) is 10.4. The fraction of sp³-hybridized carbons (Fsp3) is 0.346. The van der Waals surface area contributed by atoms with Crippen molar-refractivity contribution in [3.63, 3.8) is 0 Å². The molecule has 0 heterocycles. The van der Waals surface area contributed by atoms with Gasteiger partial charge in [-0.2, -0.15) is 0 Å². The Kier molecular flexibility index (Phi) is 7.40. The number of carbonyl (C=O) groups is 1. The second-order valence-electron chi connectivity index (χ2n) is 7.58. The van der Waals surface area contributed by atoms with Crippen molar-refractivity contribution in [3.8, 4) is 23.0 Å². The molecule has 0 amide bonds. The quantitative estimate of drug-likeness (QED) is 0.546. The lowest BCUT2D eigenvalue weighted by molar-refractivity contribution is -0.113. The Morgan fingerprint density at radius 3 is 1.52 bits per heavy atom. The van der Waals surface area contributed by atoms with E-state index in [9.17, 15) is 4.79 Å². The topological polar surface area (TPSA) is 54.0 Å². The number of hydrogen-bond donors (Lipinski definition) is 0. The molecule has 5 nitrogen and oxygen atoms in total. The standard InChI is InChI=1S/C26H30O5/c1-6-17-11-20(13-18-7-9-22(28-2)24(15-18)30-4)26(27)21(12-17)14-19-8-10-23(29-3)25(16-19)31-5/h7-10,13-17H,6,11-12H2,1-5H3/b20-13+,21-14+. The summed E-state index contributed by atoms with van der Waals surface area (Å²) in [6.45, 7) is 2.17. The van der Waals surface area contributed by atoms with E-state index in [2.05, 4.69) is 6.92 Å². The van der Waals surface area contributed by atoms with Crippen LogP contribution in [-0.4, -0.2) is 34.2 Å². The number of methoxy groups -OCH3 is 4. The van der Waals surface area contributed by atoms with Gasteiger partial charge in [0.25, 0.3) is 0 Å². The lowest BCUT2D eigenvalue weighted by Gasteiger charge is -2.25. The van der Waals surface area contributed by atoms with E-state index in [0.29, 0.717) is 28.9 Å². The molecule has 0 aliphatic heterocycles. The van der Waals surface area contributed by atoms with Gasteiger partial charge >= 0.3 is 0 Å². The van der Waals surface area contributed by atoms with Crippen molar-refractivity contribution in [2.45, 2.75) is 26.2 Å². The predicted molar refractivity (Wildman–Crippen MR) is 123 cm³/mol. The van der Waals surface area contributed by atoms with Crippen LogP contribution in [0, 0.1) is 5.92 Å². The van der Waals surface area contributed by atoms with E-state index in [1.165, 1.54) is 0 Å². The zero-order chi connectivity index (χ0) is 22.4. The van der Waals surface area contributed by atoms with Crippen molar-refractivity contribution in [2.75, 3.05) is 28.4 Å². The van der Waals surface area contributed by atoms with Gasteiger partial charge in [-0.15, -0.1) is 0 Å². The van der Waals surface area contributed by atoms with Crippen molar-refractivity contribution < 1.29 is 23.7 Å². The summed E-state index contributed by atoms with van der Waals surface area (Å²) in [5.74, 6) is 3.14. The summed E-state index contributed by atoms with van der Waals surface area (Å²) in [5.41, 5.74) is 3.47. The third kappa shape index (κ3) is 5.10. The van der Waals surface area contributed by atoms with Gasteiger partial charge in [-0.05, 0) is 66.3 Å². The SMILES string of the molecule is CCC1C/C(=C\c2ccc(OC)c(OC)c2)C(=O)/C(=C/c2ccc(OC)c(OC)c2)C1. The average molecular weight is 423 g/mol. The molecule has 2 aromatic rings. The van der Waals surface area contributed by atoms with Crippen molar-refractivity contribution in [1.82, 2.24) is 0 Å². The highest BCUT2D eigenvalue weighted by Gasteiger charge is 2.27. The lowest BCUT2D eigenvalue weighted by Crippen LogP contribution is -2.19. The smallest absolute Gasteiger partial charge is 0.185 e. The molecule has 2 aromatic carbocycles. The summed E-state index contributed by atoms with van der Waals surface area (Å²) in [7, 11) is 6.44. The maximum Gasteiger partial charge on any atom is 0.185 e. The summed E-state index contributed by atoms with van der Waals surface area (Å²) in [6.07, 6.45) is 6.49. The molecule has 1 aliphatic carbocycles. The van der Waals surface area contributed by atoms with Crippen molar-refractivity contribution in [3.05, 3.63) is 58.7 Å². The molecule has 0 unspecified atom stereocenters. The molecular weight excluding hydrogens is 392 g/mol. The molecule has 0 atom stereocenters. The van der Waals surface area contributed by atoms with Gasteiger partial charge < -0.3 is 18.9 Å². The van der Waals surface area contributed by atoms with Gasteiger partial charge in [0.1, 0.15) is 0 Å². The molecule has 0 spiro atoms. The van der Waals surface area contributed by atoms with Crippen LogP contribution in [0.25, 0.3) is 12.2 Å². The van der Waals surface area contributed by atoms with Crippen molar-refractivity contribution in [2.24, 2.45) is 5.92 Å². The molecular formula is C26H30O5. The third-order valence-corrected chi connectivity index (χ3v) is 5.67. The first-order chi connectivity index (χ1) is 15.0. The highest BCUT2D eigenvalue weighted by atomic mass is 16.5. The fourth-order valence-corrected chi connectivity index (χ4v) is 3.91. The Hall–Kier alpha value is -3.21. The predicted octanol–water partition coefficient (Wildman–Crippen LogP) is 5.58. The number of Topliss-reactive ketones (excluding diaryl/α,β-unsaturated/α-hetero) is 1. The minimum atomic E-state index is 0.0919. The van der Waals surface area contributed by atoms with Gasteiger partial charge in [0.15, 0.2) is 28.8 Å². The molecule has 3 rings (SSSR count). The van der Waals surface area contributed by atoms with E-state index in [0.717, 1.165) is 41.5 Å². The normalized spacial score (nSPS) is 18.9. The van der Waals surface area contributed by atoms with Crippen LogP contribution in [0.2, 0.25) is 0 Å². The van der Waals surface area contributed by atoms with Crippen LogP contribution in [0.4, 0.5) is 0 Å². The van der Waals surface area contributed by atoms with Crippen LogP contribution in [0.5, 0.6) is 23.0 Å². The molecule has 0 N–H and O–H groups in total. The minimum Gasteiger partial charge on any atom is -0.493 e. The molecule has 164 valence electrons. The number of ether oxygens (including phenoxy) is 4. The second-order valence-corrected chi connectivity index (χ2v) is 7.58. The van der Waals surface area contributed by atoms with E-state index in [4.69, 9.17) is 18.9 Å². The number of carbonyl (C=O) groups excluding carboxylic acids is 1. The monoisotopic (exact) mass is 422 g/mol. The summed E-state index contributed by atoms with van der Waals surface area (Å²) < 4.78 is 21.4. The Labute approximate surface area is 184 Å². The summed E-state index contributed by atoms with van der Waals surface area (Å²) in [5, 5.41) is 0. The summed E-state index contributed by atoms with van der Waals surface area (Å²) in [4.78, 5) is 13.3. The fourth-order valence-electron chi connectivity index (χ4n) is 3.91. The number of rotatable bonds is 7. The maximum atomic E-state index is 13.3. The number of allylic oxidation sites excluding steroid dienone is 2. The molecule has 0 saturated heterocycles. The van der Waals surface area contributed by atoms with Crippen LogP contribution in [0.15, 0.2) is 47.5 Å².